The minimum atomic E-state index is -0.468. The van der Waals surface area contributed by atoms with Crippen LogP contribution in [0.1, 0.15) is 21.7 Å². The van der Waals surface area contributed by atoms with Gasteiger partial charge in [0.15, 0.2) is 0 Å². The molecule has 21 heavy (non-hydrogen) atoms. The molecule has 5 heteroatoms. The lowest BCUT2D eigenvalue weighted by atomic mass is 10.1. The smallest absolute Gasteiger partial charge is 0.374 e. The Hall–Kier alpha value is -2.27. The lowest BCUT2D eigenvalue weighted by molar-refractivity contribution is 0.0563. The van der Waals surface area contributed by atoms with Gasteiger partial charge in [-0.2, -0.15) is 0 Å². The monoisotopic (exact) mass is 289 g/mol. The van der Waals surface area contributed by atoms with E-state index < -0.39 is 5.97 Å². The van der Waals surface area contributed by atoms with E-state index in [2.05, 4.69) is 16.1 Å². The van der Waals surface area contributed by atoms with E-state index in [1.807, 2.05) is 18.2 Å². The van der Waals surface area contributed by atoms with E-state index in [-0.39, 0.29) is 5.76 Å². The third-order valence-corrected chi connectivity index (χ3v) is 3.18. The first-order chi connectivity index (χ1) is 10.3. The van der Waals surface area contributed by atoms with E-state index in [9.17, 15) is 4.79 Å². The van der Waals surface area contributed by atoms with Gasteiger partial charge >= 0.3 is 5.97 Å². The number of furan rings is 1. The van der Waals surface area contributed by atoms with Crippen LogP contribution >= 0.6 is 0 Å². The molecule has 112 valence electrons. The molecule has 2 rings (SSSR count). The Labute approximate surface area is 123 Å². The molecule has 1 aromatic heterocycles. The summed E-state index contributed by atoms with van der Waals surface area (Å²) in [5, 5.41) is 3.32. The number of anilines is 1. The normalized spacial score (nSPS) is 10.4. The summed E-state index contributed by atoms with van der Waals surface area (Å²) in [7, 11) is 3.02. The van der Waals surface area contributed by atoms with Gasteiger partial charge in [0.1, 0.15) is 0 Å². The summed E-state index contributed by atoms with van der Waals surface area (Å²) < 4.78 is 15.0. The number of para-hydroxylation sites is 1. The zero-order valence-corrected chi connectivity index (χ0v) is 12.2. The van der Waals surface area contributed by atoms with Gasteiger partial charge in [0, 0.05) is 24.9 Å². The molecule has 0 radical (unpaired) electrons. The molecule has 0 atom stereocenters. The molecule has 0 fully saturated rings. The van der Waals surface area contributed by atoms with E-state index >= 15 is 0 Å². The van der Waals surface area contributed by atoms with Crippen molar-refractivity contribution >= 4 is 11.7 Å². The average Bonchev–Trinajstić information content (AvgIpc) is 2.99. The van der Waals surface area contributed by atoms with Gasteiger partial charge in [-0.1, -0.05) is 18.2 Å². The number of esters is 1. The molecule has 0 spiro atoms. The van der Waals surface area contributed by atoms with Crippen LogP contribution in [0.5, 0.6) is 0 Å². The summed E-state index contributed by atoms with van der Waals surface area (Å²) in [6.07, 6.45) is 2.31. The van der Waals surface area contributed by atoms with Crippen molar-refractivity contribution in [1.82, 2.24) is 0 Å². The highest BCUT2D eigenvalue weighted by Gasteiger charge is 2.15. The number of carbonyl (C=O) groups excluding carboxylic acids is 1. The van der Waals surface area contributed by atoms with Crippen LogP contribution in [0.4, 0.5) is 5.69 Å². The molecule has 0 amide bonds. The fourth-order valence-corrected chi connectivity index (χ4v) is 2.06. The van der Waals surface area contributed by atoms with Crippen LogP contribution in [0.15, 0.2) is 41.0 Å². The third kappa shape index (κ3) is 3.86. The second-order valence-corrected chi connectivity index (χ2v) is 4.52. The van der Waals surface area contributed by atoms with Crippen LogP contribution in [0.25, 0.3) is 0 Å². The molecular formula is C16H19NO4. The number of methoxy groups -OCH3 is 2. The zero-order chi connectivity index (χ0) is 15.1. The predicted molar refractivity (Wildman–Crippen MR) is 79.4 cm³/mol. The van der Waals surface area contributed by atoms with E-state index in [4.69, 9.17) is 9.15 Å². The topological polar surface area (TPSA) is 60.7 Å². The fourth-order valence-electron chi connectivity index (χ4n) is 2.06. The Kier molecular flexibility index (Phi) is 5.40. The number of rotatable bonds is 7. The van der Waals surface area contributed by atoms with Gasteiger partial charge in [0.05, 0.1) is 20.0 Å². The molecule has 5 nitrogen and oxygen atoms in total. The molecule has 1 heterocycles. The van der Waals surface area contributed by atoms with Crippen molar-refractivity contribution in [1.29, 1.82) is 0 Å². The van der Waals surface area contributed by atoms with E-state index in [1.54, 1.807) is 13.2 Å². The first kappa shape index (κ1) is 15.1. The first-order valence-corrected chi connectivity index (χ1v) is 6.71. The zero-order valence-electron chi connectivity index (χ0n) is 12.2. The number of nitrogens with one attached hydrogen (secondary N) is 1. The van der Waals surface area contributed by atoms with Gasteiger partial charge in [-0.15, -0.1) is 0 Å². The number of hydrogen-bond acceptors (Lipinski definition) is 5. The highest BCUT2D eigenvalue weighted by atomic mass is 16.5. The molecule has 0 aliphatic heterocycles. The Morgan fingerprint density at radius 3 is 2.76 bits per heavy atom. The van der Waals surface area contributed by atoms with Crippen molar-refractivity contribution < 1.29 is 18.7 Å². The van der Waals surface area contributed by atoms with Crippen LogP contribution in [0, 0.1) is 0 Å². The maximum atomic E-state index is 11.6. The summed E-state index contributed by atoms with van der Waals surface area (Å²) in [5.74, 6) is -0.233. The second kappa shape index (κ2) is 7.50. The molecule has 1 N–H and O–H groups in total. The second-order valence-electron chi connectivity index (χ2n) is 4.52. The maximum Gasteiger partial charge on any atom is 0.374 e. The van der Waals surface area contributed by atoms with Gasteiger partial charge in [-0.3, -0.25) is 0 Å². The molecule has 1 aromatic carbocycles. The number of benzene rings is 1. The Balaban J connectivity index is 2.06. The highest BCUT2D eigenvalue weighted by molar-refractivity contribution is 5.87. The quantitative estimate of drug-likeness (QED) is 0.794. The minimum Gasteiger partial charge on any atom is -0.463 e. The third-order valence-electron chi connectivity index (χ3n) is 3.18. The predicted octanol–water partition coefficient (Wildman–Crippen LogP) is 2.87. The Morgan fingerprint density at radius 1 is 1.19 bits per heavy atom. The van der Waals surface area contributed by atoms with Crippen molar-refractivity contribution in [2.24, 2.45) is 0 Å². The molecule has 0 aliphatic rings. The molecule has 0 saturated carbocycles. The van der Waals surface area contributed by atoms with E-state index in [0.29, 0.717) is 13.2 Å². The van der Waals surface area contributed by atoms with Crippen molar-refractivity contribution in [2.45, 2.75) is 13.0 Å². The minimum absolute atomic E-state index is 0.236. The van der Waals surface area contributed by atoms with Crippen LogP contribution < -0.4 is 5.32 Å². The largest absolute Gasteiger partial charge is 0.463 e. The Morgan fingerprint density at radius 2 is 2.00 bits per heavy atom. The SMILES string of the molecule is COCCc1ccccc1NCc1ccoc1C(=O)OC. The molecule has 0 bridgehead atoms. The van der Waals surface area contributed by atoms with Gasteiger partial charge in [0.25, 0.3) is 0 Å². The molecular weight excluding hydrogens is 270 g/mol. The maximum absolute atomic E-state index is 11.6. The van der Waals surface area contributed by atoms with Crippen LogP contribution in [-0.4, -0.2) is 26.8 Å². The lowest BCUT2D eigenvalue weighted by Crippen LogP contribution is -2.08. The van der Waals surface area contributed by atoms with Crippen molar-refractivity contribution in [2.75, 3.05) is 26.1 Å². The van der Waals surface area contributed by atoms with Crippen LogP contribution in [0.3, 0.4) is 0 Å². The lowest BCUT2D eigenvalue weighted by Gasteiger charge is -2.11. The molecule has 2 aromatic rings. The molecule has 0 saturated heterocycles. The van der Waals surface area contributed by atoms with E-state index in [1.165, 1.54) is 18.9 Å². The number of ether oxygens (including phenoxy) is 2. The van der Waals surface area contributed by atoms with Crippen molar-refractivity contribution in [3.63, 3.8) is 0 Å². The van der Waals surface area contributed by atoms with Crippen molar-refractivity contribution in [3.05, 3.63) is 53.5 Å². The van der Waals surface area contributed by atoms with Gasteiger partial charge < -0.3 is 19.2 Å². The average molecular weight is 289 g/mol. The standard InChI is InChI=1S/C16H19NO4/c1-19-9-7-12-5-3-4-6-14(12)17-11-13-8-10-21-15(13)16(18)20-2/h3-6,8,10,17H,7,9,11H2,1-2H3. The summed E-state index contributed by atoms with van der Waals surface area (Å²) >= 11 is 0. The fraction of sp³-hybridized carbons (Fsp3) is 0.312. The summed E-state index contributed by atoms with van der Waals surface area (Å²) in [6, 6.07) is 9.78. The molecule has 0 aliphatic carbocycles. The van der Waals surface area contributed by atoms with E-state index in [0.717, 1.165) is 17.7 Å². The Bertz CT molecular complexity index is 591. The number of hydrogen-bond donors (Lipinski definition) is 1. The first-order valence-electron chi connectivity index (χ1n) is 6.71. The van der Waals surface area contributed by atoms with Crippen LogP contribution in [0.2, 0.25) is 0 Å². The highest BCUT2D eigenvalue weighted by Crippen LogP contribution is 2.19. The number of carbonyl (C=O) groups is 1. The summed E-state index contributed by atoms with van der Waals surface area (Å²) in [5.41, 5.74) is 2.96. The molecule has 0 unspecified atom stereocenters. The van der Waals surface area contributed by atoms with Crippen molar-refractivity contribution in [3.8, 4) is 0 Å². The van der Waals surface area contributed by atoms with Gasteiger partial charge in [-0.25, -0.2) is 4.79 Å². The van der Waals surface area contributed by atoms with Crippen LogP contribution in [-0.2, 0) is 22.4 Å². The summed E-state index contributed by atoms with van der Waals surface area (Å²) in [4.78, 5) is 11.6. The van der Waals surface area contributed by atoms with Gasteiger partial charge in [0.2, 0.25) is 5.76 Å². The van der Waals surface area contributed by atoms with Gasteiger partial charge in [-0.05, 0) is 24.1 Å². The summed E-state index contributed by atoms with van der Waals surface area (Å²) in [6.45, 7) is 1.16.